The molecule has 1 amide bonds. The molecular weight excluding hydrogens is 407 g/mol. The summed E-state index contributed by atoms with van der Waals surface area (Å²) in [5, 5.41) is 3.50. The first-order valence-electron chi connectivity index (χ1n) is 11.1. The van der Waals surface area contributed by atoms with E-state index in [1.165, 1.54) is 6.07 Å². The van der Waals surface area contributed by atoms with Crippen molar-refractivity contribution in [2.45, 2.75) is 26.3 Å². The van der Waals surface area contributed by atoms with Crippen LogP contribution in [0.3, 0.4) is 0 Å². The van der Waals surface area contributed by atoms with E-state index in [0.29, 0.717) is 34.6 Å². The van der Waals surface area contributed by atoms with E-state index >= 15 is 4.39 Å². The monoisotopic (exact) mass is 434 g/mol. The quantitative estimate of drug-likeness (QED) is 0.535. The van der Waals surface area contributed by atoms with Crippen molar-refractivity contribution < 1.29 is 9.18 Å². The van der Waals surface area contributed by atoms with Crippen molar-refractivity contribution in [2.75, 3.05) is 38.1 Å². The van der Waals surface area contributed by atoms with Crippen LogP contribution >= 0.6 is 0 Å². The zero-order valence-corrected chi connectivity index (χ0v) is 18.6. The Morgan fingerprint density at radius 3 is 2.69 bits per heavy atom. The van der Waals surface area contributed by atoms with E-state index < -0.39 is 0 Å². The molecule has 7 nitrogen and oxygen atoms in total. The number of halogens is 1. The smallest absolute Gasteiger partial charge is 0.255 e. The Balaban J connectivity index is 1.77. The Morgan fingerprint density at radius 1 is 1.06 bits per heavy atom. The van der Waals surface area contributed by atoms with Gasteiger partial charge in [0, 0.05) is 31.1 Å². The molecule has 0 saturated carbocycles. The first kappa shape index (κ1) is 20.6. The summed E-state index contributed by atoms with van der Waals surface area (Å²) in [6.07, 6.45) is 0.952. The number of amides is 1. The van der Waals surface area contributed by atoms with Crippen LogP contribution in [0.25, 0.3) is 27.7 Å². The molecule has 1 aliphatic heterocycles. The van der Waals surface area contributed by atoms with E-state index in [-0.39, 0.29) is 17.8 Å². The zero-order valence-electron chi connectivity index (χ0n) is 18.6. The topological polar surface area (TPSA) is 65.8 Å². The summed E-state index contributed by atoms with van der Waals surface area (Å²) in [5.41, 5.74) is 3.14. The van der Waals surface area contributed by atoms with Gasteiger partial charge in [-0.3, -0.25) is 9.20 Å². The molecule has 0 aliphatic carbocycles. The molecule has 32 heavy (non-hydrogen) atoms. The van der Waals surface area contributed by atoms with Crippen LogP contribution in [0.1, 0.15) is 30.6 Å². The molecule has 0 atom stereocenters. The lowest BCUT2D eigenvalue weighted by molar-refractivity contribution is 0.0944. The van der Waals surface area contributed by atoms with E-state index in [0.717, 1.165) is 37.1 Å². The maximum atomic E-state index is 15.3. The third-order valence-corrected chi connectivity index (χ3v) is 5.96. The second-order valence-corrected chi connectivity index (χ2v) is 8.80. The molecule has 0 radical (unpaired) electrons. The second-order valence-electron chi connectivity index (χ2n) is 8.80. The van der Waals surface area contributed by atoms with Crippen LogP contribution < -0.4 is 10.2 Å². The van der Waals surface area contributed by atoms with E-state index in [1.807, 2.05) is 47.4 Å². The number of benzene rings is 1. The van der Waals surface area contributed by atoms with Gasteiger partial charge < -0.3 is 15.1 Å². The average Bonchev–Trinajstić information content (AvgIpc) is 3.01. The molecule has 0 spiro atoms. The molecule has 1 aliphatic rings. The lowest BCUT2D eigenvalue weighted by Crippen LogP contribution is -2.31. The summed E-state index contributed by atoms with van der Waals surface area (Å²) >= 11 is 0. The summed E-state index contributed by atoms with van der Waals surface area (Å²) in [6.45, 7) is 7.12. The number of carbonyl (C=O) groups is 1. The number of nitrogens with one attached hydrogen (secondary N) is 1. The predicted molar refractivity (Wildman–Crippen MR) is 125 cm³/mol. The summed E-state index contributed by atoms with van der Waals surface area (Å²) in [6, 6.07) is 10.9. The number of fused-ring (bicyclic) bond motifs is 5. The Labute approximate surface area is 185 Å². The van der Waals surface area contributed by atoms with Crippen LogP contribution in [0.4, 0.5) is 10.2 Å². The van der Waals surface area contributed by atoms with Crippen molar-refractivity contribution in [1.29, 1.82) is 0 Å². The van der Waals surface area contributed by atoms with Gasteiger partial charge in [0.2, 0.25) is 0 Å². The van der Waals surface area contributed by atoms with Crippen molar-refractivity contribution >= 4 is 39.4 Å². The molecule has 8 heteroatoms. The van der Waals surface area contributed by atoms with Crippen LogP contribution in [0, 0.1) is 5.82 Å². The summed E-state index contributed by atoms with van der Waals surface area (Å²) in [4.78, 5) is 26.8. The summed E-state index contributed by atoms with van der Waals surface area (Å²) in [5.74, 6) is -0.255. The van der Waals surface area contributed by atoms with Gasteiger partial charge in [0.1, 0.15) is 5.65 Å². The number of aromatic nitrogens is 3. The maximum absolute atomic E-state index is 15.3. The maximum Gasteiger partial charge on any atom is 0.255 e. The van der Waals surface area contributed by atoms with E-state index in [1.54, 1.807) is 6.07 Å². The first-order chi connectivity index (χ1) is 15.4. The van der Waals surface area contributed by atoms with Crippen molar-refractivity contribution in [3.8, 4) is 0 Å². The number of nitrogens with zero attached hydrogens (tertiary/aromatic N) is 5. The fraction of sp³-hybridized carbons (Fsp3) is 0.375. The number of carbonyl (C=O) groups excluding carboxylic acids is 1. The Bertz CT molecular complexity index is 1330. The molecule has 4 aromatic rings. The van der Waals surface area contributed by atoms with Gasteiger partial charge in [-0.25, -0.2) is 14.4 Å². The third-order valence-electron chi connectivity index (χ3n) is 5.96. The Morgan fingerprint density at radius 2 is 1.88 bits per heavy atom. The molecule has 1 saturated heterocycles. The highest BCUT2D eigenvalue weighted by molar-refractivity contribution is 6.05. The molecule has 1 N–H and O–H groups in total. The van der Waals surface area contributed by atoms with E-state index in [2.05, 4.69) is 17.3 Å². The number of anilines is 1. The van der Waals surface area contributed by atoms with Crippen LogP contribution in [-0.2, 0) is 0 Å². The third kappa shape index (κ3) is 3.54. The summed E-state index contributed by atoms with van der Waals surface area (Å²) in [7, 11) is 2.08. The average molecular weight is 435 g/mol. The Kier molecular flexibility index (Phi) is 5.17. The number of hydrogen-bond donors (Lipinski definition) is 1. The molecule has 5 rings (SSSR count). The summed E-state index contributed by atoms with van der Waals surface area (Å²) < 4.78 is 17.2. The highest BCUT2D eigenvalue weighted by Gasteiger charge is 2.23. The van der Waals surface area contributed by atoms with Crippen molar-refractivity contribution in [3.05, 3.63) is 47.8 Å². The van der Waals surface area contributed by atoms with Crippen molar-refractivity contribution in [2.24, 2.45) is 0 Å². The molecule has 166 valence electrons. The number of rotatable bonds is 3. The predicted octanol–water partition coefficient (Wildman–Crippen LogP) is 3.45. The molecule has 1 fully saturated rings. The van der Waals surface area contributed by atoms with Gasteiger partial charge in [0.25, 0.3) is 5.91 Å². The fourth-order valence-electron chi connectivity index (χ4n) is 4.40. The fourth-order valence-corrected chi connectivity index (χ4v) is 4.40. The van der Waals surface area contributed by atoms with Crippen LogP contribution in [0.5, 0.6) is 0 Å². The van der Waals surface area contributed by atoms with Gasteiger partial charge in [-0.1, -0.05) is 12.1 Å². The van der Waals surface area contributed by atoms with Gasteiger partial charge in [-0.05, 0) is 58.1 Å². The second kappa shape index (κ2) is 8.02. The normalized spacial score (nSPS) is 15.7. The molecule has 0 unspecified atom stereocenters. The van der Waals surface area contributed by atoms with Gasteiger partial charge in [0.15, 0.2) is 17.3 Å². The minimum Gasteiger partial charge on any atom is -0.353 e. The first-order valence-corrected chi connectivity index (χ1v) is 11.1. The van der Waals surface area contributed by atoms with Gasteiger partial charge in [-0.2, -0.15) is 0 Å². The minimum atomic E-state index is -0.374. The number of hydrogen-bond acceptors (Lipinski definition) is 5. The zero-order chi connectivity index (χ0) is 22.4. The minimum absolute atomic E-state index is 0.0268. The Hall–Kier alpha value is -3.26. The van der Waals surface area contributed by atoms with Gasteiger partial charge in [-0.15, -0.1) is 0 Å². The SMILES string of the molecule is CC(C)NC(=O)c1cc2cc(F)c(N3CCCN(C)CC3)nc2n2c1nc1ccccc12. The lowest BCUT2D eigenvalue weighted by atomic mass is 10.1. The van der Waals surface area contributed by atoms with Crippen LogP contribution in [-0.4, -0.2) is 64.4 Å². The molecule has 1 aromatic carbocycles. The van der Waals surface area contributed by atoms with Crippen molar-refractivity contribution in [1.82, 2.24) is 24.6 Å². The van der Waals surface area contributed by atoms with Crippen LogP contribution in [0.2, 0.25) is 0 Å². The molecular formula is C24H27FN6O. The number of imidazole rings is 1. The van der Waals surface area contributed by atoms with E-state index in [4.69, 9.17) is 9.97 Å². The number of para-hydroxylation sites is 2. The van der Waals surface area contributed by atoms with Gasteiger partial charge >= 0.3 is 0 Å². The molecule has 4 heterocycles. The highest BCUT2D eigenvalue weighted by atomic mass is 19.1. The molecule has 0 bridgehead atoms. The number of pyridine rings is 2. The molecule has 3 aromatic heterocycles. The van der Waals surface area contributed by atoms with Crippen molar-refractivity contribution in [3.63, 3.8) is 0 Å². The van der Waals surface area contributed by atoms with Crippen LogP contribution in [0.15, 0.2) is 36.4 Å². The standard InChI is InChI=1S/C24H27FN6O/c1-15(2)26-24(32)17-13-16-14-18(25)23(30-10-6-9-29(3)11-12-30)28-21(16)31-20-8-5-4-7-19(20)27-22(17)31/h4-5,7-8,13-15H,6,9-12H2,1-3H3,(H,26,32). The van der Waals surface area contributed by atoms with E-state index in [9.17, 15) is 4.79 Å². The lowest BCUT2D eigenvalue weighted by Gasteiger charge is -2.22. The highest BCUT2D eigenvalue weighted by Crippen LogP contribution is 2.29. The largest absolute Gasteiger partial charge is 0.353 e. The number of likely N-dealkylation sites (N-methyl/N-ethyl adjacent to an activating group) is 1. The van der Waals surface area contributed by atoms with Gasteiger partial charge in [0.05, 0.1) is 16.6 Å².